The van der Waals surface area contributed by atoms with Gasteiger partial charge in [-0.05, 0) is 72.6 Å². The maximum absolute atomic E-state index is 8.12. The summed E-state index contributed by atoms with van der Waals surface area (Å²) in [5, 5.41) is 1.84. The lowest BCUT2D eigenvalue weighted by atomic mass is 9.85. The highest BCUT2D eigenvalue weighted by atomic mass is 16.3. The van der Waals surface area contributed by atoms with E-state index in [1.807, 2.05) is 57.2 Å². The lowest BCUT2D eigenvalue weighted by molar-refractivity contribution is 0.583. The van der Waals surface area contributed by atoms with Crippen molar-refractivity contribution in [1.82, 2.24) is 9.97 Å². The lowest BCUT2D eigenvalue weighted by Gasteiger charge is -2.21. The van der Waals surface area contributed by atoms with E-state index in [2.05, 4.69) is 31.0 Å². The zero-order chi connectivity index (χ0) is 25.1. The van der Waals surface area contributed by atoms with E-state index in [1.165, 1.54) is 0 Å². The monoisotopic (exact) mass is 423 g/mol. The highest BCUT2D eigenvalue weighted by molar-refractivity contribution is 6.08. The minimum Gasteiger partial charge on any atom is -0.437 e. The summed E-state index contributed by atoms with van der Waals surface area (Å²) >= 11 is 0. The number of hydrogen-bond acceptors (Lipinski definition) is 3. The maximum Gasteiger partial charge on any atom is 0.227 e. The molecular weight excluding hydrogens is 392 g/mol. The van der Waals surface area contributed by atoms with E-state index in [-0.39, 0.29) is 5.41 Å². The number of hydrogen-bond donors (Lipinski definition) is 0. The molecule has 5 rings (SSSR count). The van der Waals surface area contributed by atoms with Crippen molar-refractivity contribution in [2.45, 2.75) is 46.9 Å². The number of para-hydroxylation sites is 1. The minimum atomic E-state index is -2.25. The van der Waals surface area contributed by atoms with Crippen molar-refractivity contribution in [3.63, 3.8) is 0 Å². The summed E-state index contributed by atoms with van der Waals surface area (Å²) in [6.07, 6.45) is 1.69. The summed E-state index contributed by atoms with van der Waals surface area (Å²) in [5.74, 6) is 0. The van der Waals surface area contributed by atoms with E-state index in [1.54, 1.807) is 12.3 Å². The van der Waals surface area contributed by atoms with Crippen molar-refractivity contribution in [2.75, 3.05) is 0 Å². The first kappa shape index (κ1) is 17.1. The third-order valence-corrected chi connectivity index (χ3v) is 6.09. The fourth-order valence-electron chi connectivity index (χ4n) is 4.44. The molecular formula is C29H28N2O. The fourth-order valence-corrected chi connectivity index (χ4v) is 4.44. The summed E-state index contributed by atoms with van der Waals surface area (Å²) in [4.78, 5) is 9.53. The molecule has 0 spiro atoms. The number of aromatic nitrogens is 2. The Balaban J connectivity index is 1.72. The van der Waals surface area contributed by atoms with E-state index < -0.39 is 6.85 Å². The van der Waals surface area contributed by atoms with Crippen LogP contribution in [0, 0.1) is 20.7 Å². The number of aryl methyl sites for hydroxylation is 3. The van der Waals surface area contributed by atoms with Gasteiger partial charge < -0.3 is 4.42 Å². The lowest BCUT2D eigenvalue weighted by Crippen LogP contribution is -2.13. The first-order valence-corrected chi connectivity index (χ1v) is 10.9. The molecule has 0 aliphatic carbocycles. The Bertz CT molecular complexity index is 1570. The van der Waals surface area contributed by atoms with Gasteiger partial charge in [-0.1, -0.05) is 51.1 Å². The Morgan fingerprint density at radius 1 is 0.844 bits per heavy atom. The summed E-state index contributed by atoms with van der Waals surface area (Å²) in [6.45, 7) is 7.92. The quantitative estimate of drug-likeness (QED) is 0.289. The third-order valence-electron chi connectivity index (χ3n) is 6.09. The first-order valence-electron chi connectivity index (χ1n) is 12.4. The molecule has 160 valence electrons. The van der Waals surface area contributed by atoms with Gasteiger partial charge in [0, 0.05) is 32.2 Å². The number of pyridine rings is 2. The van der Waals surface area contributed by atoms with Gasteiger partial charge in [0.2, 0.25) is 5.71 Å². The van der Waals surface area contributed by atoms with Crippen LogP contribution < -0.4 is 0 Å². The third kappa shape index (κ3) is 3.29. The molecule has 0 radical (unpaired) electrons. The smallest absolute Gasteiger partial charge is 0.227 e. The molecule has 0 fully saturated rings. The maximum atomic E-state index is 8.12. The van der Waals surface area contributed by atoms with E-state index in [0.717, 1.165) is 44.3 Å². The Morgan fingerprint density at radius 3 is 2.31 bits per heavy atom. The van der Waals surface area contributed by atoms with Crippen molar-refractivity contribution >= 4 is 22.1 Å². The Morgan fingerprint density at radius 2 is 1.59 bits per heavy atom. The Hall–Kier alpha value is -3.46. The second-order valence-electron chi connectivity index (χ2n) is 9.47. The molecule has 0 aliphatic heterocycles. The molecule has 3 heteroatoms. The summed E-state index contributed by atoms with van der Waals surface area (Å²) in [5.41, 5.74) is 7.52. The number of furan rings is 1. The van der Waals surface area contributed by atoms with Gasteiger partial charge in [-0.25, -0.2) is 4.98 Å². The van der Waals surface area contributed by atoms with Crippen molar-refractivity contribution in [3.05, 3.63) is 83.0 Å². The van der Waals surface area contributed by atoms with Gasteiger partial charge in [-0.3, -0.25) is 4.98 Å². The molecule has 0 atom stereocenters. The molecule has 32 heavy (non-hydrogen) atoms. The fraction of sp³-hybridized carbons (Fsp3) is 0.241. The average Bonchev–Trinajstić information content (AvgIpc) is 3.15. The molecule has 0 bridgehead atoms. The second-order valence-corrected chi connectivity index (χ2v) is 9.47. The van der Waals surface area contributed by atoms with Gasteiger partial charge in [0.15, 0.2) is 0 Å². The van der Waals surface area contributed by atoms with Crippen LogP contribution in [-0.2, 0) is 5.41 Å². The number of rotatable bonds is 2. The molecule has 0 aliphatic rings. The molecule has 3 heterocycles. The van der Waals surface area contributed by atoms with E-state index >= 15 is 0 Å². The first-order chi connectivity index (χ1) is 16.4. The van der Waals surface area contributed by atoms with Crippen LogP contribution in [0.3, 0.4) is 0 Å². The predicted molar refractivity (Wildman–Crippen MR) is 133 cm³/mol. The number of benzene rings is 2. The normalized spacial score (nSPS) is 13.8. The van der Waals surface area contributed by atoms with Crippen molar-refractivity contribution in [2.24, 2.45) is 0 Å². The van der Waals surface area contributed by atoms with Crippen LogP contribution in [0.2, 0.25) is 0 Å². The average molecular weight is 424 g/mol. The van der Waals surface area contributed by atoms with Crippen LogP contribution in [0.5, 0.6) is 0 Å². The van der Waals surface area contributed by atoms with E-state index in [9.17, 15) is 0 Å². The standard InChI is InChI=1S/C29H28N2O/c1-17-9-7-10-18(2)26(17)24-14-13-21-20-11-8-12-22(27(20)32-28(21)31-24)25-15-19(3)23(16-30-25)29(4,5)6/h7-16H,1-6H3/i3D3. The van der Waals surface area contributed by atoms with E-state index in [4.69, 9.17) is 13.5 Å². The zero-order valence-electron chi connectivity index (χ0n) is 22.1. The molecule has 3 nitrogen and oxygen atoms in total. The molecule has 5 aromatic rings. The van der Waals surface area contributed by atoms with Gasteiger partial charge in [0.1, 0.15) is 5.58 Å². The number of nitrogens with zero attached hydrogens (tertiary/aromatic N) is 2. The van der Waals surface area contributed by atoms with Crippen molar-refractivity contribution in [3.8, 4) is 22.5 Å². The second kappa shape index (κ2) is 7.30. The van der Waals surface area contributed by atoms with Gasteiger partial charge in [-0.2, -0.15) is 0 Å². The summed E-state index contributed by atoms with van der Waals surface area (Å²) in [6, 6.07) is 17.8. The van der Waals surface area contributed by atoms with Gasteiger partial charge >= 0.3 is 0 Å². The number of fused-ring (bicyclic) bond motifs is 3. The Kier molecular flexibility index (Phi) is 3.91. The molecule has 0 N–H and O–H groups in total. The molecule has 0 amide bonds. The van der Waals surface area contributed by atoms with Crippen LogP contribution >= 0.6 is 0 Å². The van der Waals surface area contributed by atoms with Crippen molar-refractivity contribution < 1.29 is 8.53 Å². The van der Waals surface area contributed by atoms with Gasteiger partial charge in [0.05, 0.1) is 11.4 Å². The van der Waals surface area contributed by atoms with E-state index in [0.29, 0.717) is 22.6 Å². The van der Waals surface area contributed by atoms with Crippen molar-refractivity contribution in [1.29, 1.82) is 0 Å². The van der Waals surface area contributed by atoms with Crippen LogP contribution in [0.25, 0.3) is 44.6 Å². The minimum absolute atomic E-state index is 0.318. The highest BCUT2D eigenvalue weighted by Crippen LogP contribution is 2.37. The van der Waals surface area contributed by atoms with Crippen LogP contribution in [0.4, 0.5) is 0 Å². The summed E-state index contributed by atoms with van der Waals surface area (Å²) in [7, 11) is 0. The van der Waals surface area contributed by atoms with Gasteiger partial charge in [0.25, 0.3) is 0 Å². The SMILES string of the molecule is [2H]C([2H])([2H])c1cc(-c2cccc3c2oc2nc(-c4c(C)cccc4C)ccc23)ncc1C(C)(C)C. The zero-order valence-corrected chi connectivity index (χ0v) is 19.1. The van der Waals surface area contributed by atoms with Crippen LogP contribution in [0.15, 0.2) is 65.2 Å². The molecule has 0 saturated carbocycles. The summed E-state index contributed by atoms with van der Waals surface area (Å²) < 4.78 is 30.7. The highest BCUT2D eigenvalue weighted by Gasteiger charge is 2.19. The van der Waals surface area contributed by atoms with Crippen LogP contribution in [0.1, 0.15) is 47.1 Å². The van der Waals surface area contributed by atoms with Crippen LogP contribution in [-0.4, -0.2) is 9.97 Å². The van der Waals surface area contributed by atoms with Gasteiger partial charge in [-0.15, -0.1) is 0 Å². The molecule has 0 unspecified atom stereocenters. The molecule has 2 aromatic carbocycles. The largest absolute Gasteiger partial charge is 0.437 e. The topological polar surface area (TPSA) is 38.9 Å². The Labute approximate surface area is 193 Å². The predicted octanol–water partition coefficient (Wildman–Crippen LogP) is 7.93. The molecule has 0 saturated heterocycles. The molecule has 3 aromatic heterocycles.